The molecule has 194 valence electrons. The molecule has 1 spiro atoms. The smallest absolute Gasteiger partial charge is 0.246 e. The number of carbonyl (C=O) groups is 2. The maximum atomic E-state index is 13.7. The largest absolute Gasteiger partial charge is 0.342 e. The lowest BCUT2D eigenvalue weighted by Gasteiger charge is -2.52. The van der Waals surface area contributed by atoms with Crippen LogP contribution < -0.4 is 5.32 Å². The number of carbonyl (C=O) groups excluding carboxylic acids is 2. The lowest BCUT2D eigenvalue weighted by Crippen LogP contribution is -2.73. The molecule has 2 amide bonds. The van der Waals surface area contributed by atoms with Crippen molar-refractivity contribution in [3.05, 3.63) is 35.4 Å². The van der Waals surface area contributed by atoms with Crippen LogP contribution in [0.4, 0.5) is 0 Å². The van der Waals surface area contributed by atoms with Gasteiger partial charge in [0.2, 0.25) is 11.8 Å². The van der Waals surface area contributed by atoms with E-state index in [1.807, 2.05) is 4.90 Å². The minimum atomic E-state index is -0.665. The fraction of sp³-hybridized carbons (Fsp3) is 0.724. The molecule has 1 aliphatic carbocycles. The monoisotopic (exact) mass is 482 g/mol. The first-order chi connectivity index (χ1) is 16.9. The predicted octanol–water partition coefficient (Wildman–Crippen LogP) is 4.18. The molecular formula is C29H46N4O2. The molecule has 4 rings (SSSR count). The third-order valence-electron chi connectivity index (χ3n) is 8.45. The summed E-state index contributed by atoms with van der Waals surface area (Å²) < 4.78 is 0. The zero-order valence-corrected chi connectivity index (χ0v) is 22.2. The van der Waals surface area contributed by atoms with E-state index >= 15 is 0 Å². The Bertz CT molecular complexity index is 839. The number of piperazine rings is 1. The van der Waals surface area contributed by atoms with Gasteiger partial charge in [-0.2, -0.15) is 0 Å². The maximum Gasteiger partial charge on any atom is 0.246 e. The molecule has 1 atom stereocenters. The topological polar surface area (TPSA) is 55.9 Å². The van der Waals surface area contributed by atoms with Gasteiger partial charge in [0, 0.05) is 32.7 Å². The maximum absolute atomic E-state index is 13.7. The van der Waals surface area contributed by atoms with E-state index in [0.29, 0.717) is 12.5 Å². The third-order valence-corrected chi connectivity index (χ3v) is 8.45. The van der Waals surface area contributed by atoms with E-state index < -0.39 is 5.54 Å². The Balaban J connectivity index is 1.40. The van der Waals surface area contributed by atoms with Crippen LogP contribution in [-0.4, -0.2) is 71.8 Å². The van der Waals surface area contributed by atoms with E-state index in [4.69, 9.17) is 0 Å². The van der Waals surface area contributed by atoms with Gasteiger partial charge in [0.15, 0.2) is 0 Å². The average molecular weight is 483 g/mol. The first-order valence-electron chi connectivity index (χ1n) is 14.0. The number of hydrogen-bond donors (Lipinski definition) is 1. The highest BCUT2D eigenvalue weighted by molar-refractivity contribution is 6.00. The average Bonchev–Trinajstić information content (AvgIpc) is 2.85. The van der Waals surface area contributed by atoms with Crippen molar-refractivity contribution in [3.63, 3.8) is 0 Å². The molecule has 2 saturated heterocycles. The minimum Gasteiger partial charge on any atom is -0.342 e. The number of hydrogen-bond acceptors (Lipinski definition) is 4. The molecule has 6 heteroatoms. The molecule has 3 fully saturated rings. The van der Waals surface area contributed by atoms with Gasteiger partial charge in [-0.3, -0.25) is 14.5 Å². The lowest BCUT2D eigenvalue weighted by molar-refractivity contribution is -0.162. The van der Waals surface area contributed by atoms with Crippen molar-refractivity contribution in [2.75, 3.05) is 33.7 Å². The first kappa shape index (κ1) is 26.2. The fourth-order valence-corrected chi connectivity index (χ4v) is 6.38. The summed E-state index contributed by atoms with van der Waals surface area (Å²) in [5.41, 5.74) is 1.97. The molecule has 2 aliphatic heterocycles. The van der Waals surface area contributed by atoms with Crippen molar-refractivity contribution >= 4 is 11.8 Å². The SMILES string of the molecule is CCCCN1C(=O)[C@H](CC2CCCCC2)NC(=O)C12CCN(Cc1ccc(CN(C)C)cc1)CC2. The zero-order valence-electron chi connectivity index (χ0n) is 22.2. The van der Waals surface area contributed by atoms with E-state index in [9.17, 15) is 9.59 Å². The third kappa shape index (κ3) is 6.26. The van der Waals surface area contributed by atoms with Crippen LogP contribution in [0.5, 0.6) is 0 Å². The van der Waals surface area contributed by atoms with Crippen molar-refractivity contribution in [1.29, 1.82) is 0 Å². The number of amides is 2. The molecule has 3 aliphatic rings. The Morgan fingerprint density at radius 1 is 1.00 bits per heavy atom. The van der Waals surface area contributed by atoms with Crippen LogP contribution in [-0.2, 0) is 22.7 Å². The van der Waals surface area contributed by atoms with E-state index in [2.05, 4.69) is 60.4 Å². The molecule has 1 aromatic carbocycles. The Labute approximate surface area is 212 Å². The van der Waals surface area contributed by atoms with Crippen LogP contribution in [0.2, 0.25) is 0 Å². The standard InChI is InChI=1S/C29H46N4O2/c1-4-5-17-33-27(34)26(20-23-9-7-6-8-10-23)30-28(35)29(33)15-18-32(19-16-29)22-25-13-11-24(12-14-25)21-31(2)3/h11-14,23,26H,4-10,15-22H2,1-3H3,(H,30,35)/t26-/m0/s1. The molecule has 0 unspecified atom stereocenters. The number of benzene rings is 1. The summed E-state index contributed by atoms with van der Waals surface area (Å²) in [5, 5.41) is 3.21. The molecule has 1 aromatic rings. The molecule has 0 bridgehead atoms. The van der Waals surface area contributed by atoms with Crippen molar-refractivity contribution in [3.8, 4) is 0 Å². The molecular weight excluding hydrogens is 436 g/mol. The van der Waals surface area contributed by atoms with Crippen molar-refractivity contribution < 1.29 is 9.59 Å². The summed E-state index contributed by atoms with van der Waals surface area (Å²) in [5.74, 6) is 0.848. The van der Waals surface area contributed by atoms with Gasteiger partial charge < -0.3 is 15.1 Å². The molecule has 6 nitrogen and oxygen atoms in total. The Morgan fingerprint density at radius 2 is 1.66 bits per heavy atom. The van der Waals surface area contributed by atoms with E-state index in [0.717, 1.165) is 58.3 Å². The van der Waals surface area contributed by atoms with Crippen molar-refractivity contribution in [2.24, 2.45) is 5.92 Å². The van der Waals surface area contributed by atoms with Crippen molar-refractivity contribution in [1.82, 2.24) is 20.0 Å². The van der Waals surface area contributed by atoms with Gasteiger partial charge in [-0.05, 0) is 56.8 Å². The van der Waals surface area contributed by atoms with E-state index in [1.165, 1.54) is 43.2 Å². The zero-order chi connectivity index (χ0) is 24.8. The fourth-order valence-electron chi connectivity index (χ4n) is 6.38. The van der Waals surface area contributed by atoms with Crippen LogP contribution in [0.15, 0.2) is 24.3 Å². The summed E-state index contributed by atoms with van der Waals surface area (Å²) in [6, 6.07) is 8.55. The Kier molecular flexibility index (Phi) is 8.87. The summed E-state index contributed by atoms with van der Waals surface area (Å²) in [4.78, 5) is 33.9. The Hall–Kier alpha value is -1.92. The molecule has 0 radical (unpaired) electrons. The number of rotatable bonds is 9. The highest BCUT2D eigenvalue weighted by atomic mass is 16.2. The number of nitrogens with zero attached hydrogens (tertiary/aromatic N) is 3. The van der Waals surface area contributed by atoms with E-state index in [1.54, 1.807) is 0 Å². The second kappa shape index (κ2) is 11.9. The van der Waals surface area contributed by atoms with Crippen molar-refractivity contribution in [2.45, 2.75) is 95.8 Å². The Morgan fingerprint density at radius 3 is 2.29 bits per heavy atom. The predicted molar refractivity (Wildman–Crippen MR) is 141 cm³/mol. The summed E-state index contributed by atoms with van der Waals surface area (Å²) in [6.07, 6.45) is 10.5. The van der Waals surface area contributed by atoms with Crippen LogP contribution in [0.25, 0.3) is 0 Å². The quantitative estimate of drug-likeness (QED) is 0.574. The molecule has 1 saturated carbocycles. The van der Waals surface area contributed by atoms with Gasteiger partial charge in [-0.25, -0.2) is 0 Å². The van der Waals surface area contributed by atoms with Gasteiger partial charge in [-0.1, -0.05) is 69.7 Å². The molecule has 1 N–H and O–H groups in total. The normalized spacial score (nSPS) is 23.8. The molecule has 35 heavy (non-hydrogen) atoms. The number of nitrogens with one attached hydrogen (secondary N) is 1. The van der Waals surface area contributed by atoms with E-state index in [-0.39, 0.29) is 17.9 Å². The van der Waals surface area contributed by atoms with Crippen LogP contribution in [0.3, 0.4) is 0 Å². The van der Waals surface area contributed by atoms with Crippen LogP contribution in [0.1, 0.15) is 82.3 Å². The number of unbranched alkanes of at least 4 members (excludes halogenated alkanes) is 1. The first-order valence-corrected chi connectivity index (χ1v) is 14.0. The number of likely N-dealkylation sites (tertiary alicyclic amines) is 1. The van der Waals surface area contributed by atoms with Gasteiger partial charge in [-0.15, -0.1) is 0 Å². The van der Waals surface area contributed by atoms with Gasteiger partial charge in [0.25, 0.3) is 0 Å². The van der Waals surface area contributed by atoms with Crippen LogP contribution >= 0.6 is 0 Å². The summed E-state index contributed by atoms with van der Waals surface area (Å²) in [6.45, 7) is 6.40. The molecule has 2 heterocycles. The highest BCUT2D eigenvalue weighted by Crippen LogP contribution is 2.36. The second-order valence-electron chi connectivity index (χ2n) is 11.5. The minimum absolute atomic E-state index is 0.0988. The van der Waals surface area contributed by atoms with Gasteiger partial charge in [0.05, 0.1) is 0 Å². The highest BCUT2D eigenvalue weighted by Gasteiger charge is 2.53. The van der Waals surface area contributed by atoms with Gasteiger partial charge >= 0.3 is 0 Å². The molecule has 0 aromatic heterocycles. The van der Waals surface area contributed by atoms with Gasteiger partial charge in [0.1, 0.15) is 11.6 Å². The number of piperidine rings is 1. The summed E-state index contributed by atoms with van der Waals surface area (Å²) >= 11 is 0. The summed E-state index contributed by atoms with van der Waals surface area (Å²) in [7, 11) is 4.18. The second-order valence-corrected chi connectivity index (χ2v) is 11.5. The lowest BCUT2D eigenvalue weighted by atomic mass is 9.79. The van der Waals surface area contributed by atoms with Crippen LogP contribution in [0, 0.1) is 5.92 Å².